The molecule has 0 spiro atoms. The van der Waals surface area contributed by atoms with Crippen LogP contribution < -0.4 is 0 Å². The van der Waals surface area contributed by atoms with Crippen molar-refractivity contribution in [2.45, 2.75) is 0 Å². The molecule has 0 unspecified atom stereocenters. The highest BCUT2D eigenvalue weighted by molar-refractivity contribution is 6.53. The van der Waals surface area contributed by atoms with Gasteiger partial charge in [0.15, 0.2) is 0 Å². The number of hydrogen-bond donors (Lipinski definition) is 0. The third-order valence-corrected chi connectivity index (χ3v) is 1.11. The van der Waals surface area contributed by atoms with Gasteiger partial charge in [-0.2, -0.15) is 35.1 Å². The van der Waals surface area contributed by atoms with Crippen LogP contribution in [-0.2, 0) is 9.31 Å². The van der Waals surface area contributed by atoms with Gasteiger partial charge in [0.1, 0.15) is 0 Å². The van der Waals surface area contributed by atoms with Crippen molar-refractivity contribution in [1.82, 2.24) is 0 Å². The van der Waals surface area contributed by atoms with Gasteiger partial charge in [-0.05, 0) is 0 Å². The summed E-state index contributed by atoms with van der Waals surface area (Å²) in [5.41, 5.74) is -2.86. The highest BCUT2D eigenvalue weighted by Crippen LogP contribution is 2.23. The Balaban J connectivity index is 5.17. The quantitative estimate of drug-likeness (QED) is 0.428. The molecule has 0 aromatic heterocycles. The molecule has 0 rings (SSSR count). The Bertz CT molecular complexity index is 366. The lowest BCUT2D eigenvalue weighted by atomic mass is 9.88. The molecule has 0 heterocycles. The normalized spacial score (nSPS) is 9.39. The van der Waals surface area contributed by atoms with Crippen LogP contribution in [0.1, 0.15) is 0 Å². The fraction of sp³-hybridized carbons (Fsp3) is 0. The van der Waals surface area contributed by atoms with E-state index < -0.39 is 43.1 Å². The molecule has 0 aromatic carbocycles. The minimum atomic E-state index is -3.46. The third-order valence-electron chi connectivity index (χ3n) is 1.11. The SMILES string of the molecule is FC(F)=C(F)OB(OC(F)=C(F)F)C(F)=C(F)F. The Morgan fingerprint density at radius 2 is 0.889 bits per heavy atom. The van der Waals surface area contributed by atoms with Gasteiger partial charge < -0.3 is 9.31 Å². The zero-order chi connectivity index (χ0) is 14.5. The van der Waals surface area contributed by atoms with E-state index >= 15 is 0 Å². The molecule has 18 heavy (non-hydrogen) atoms. The fourth-order valence-electron chi connectivity index (χ4n) is 0.494. The first kappa shape index (κ1) is 16.3. The molecule has 12 heteroatoms. The van der Waals surface area contributed by atoms with Crippen molar-refractivity contribution in [3.05, 3.63) is 36.0 Å². The molecule has 0 fully saturated rings. The van der Waals surface area contributed by atoms with Gasteiger partial charge in [-0.1, -0.05) is 0 Å². The smallest absolute Gasteiger partial charge is 0.495 e. The maximum Gasteiger partial charge on any atom is 0.672 e. The predicted molar refractivity (Wildman–Crippen MR) is 39.0 cm³/mol. The molecule has 0 saturated carbocycles. The summed E-state index contributed by atoms with van der Waals surface area (Å²) < 4.78 is 112. The molecular formula is C6BF9O2. The maximum absolute atomic E-state index is 12.4. The molecule has 2 nitrogen and oxygen atoms in total. The van der Waals surface area contributed by atoms with E-state index in [4.69, 9.17) is 0 Å². The first-order valence-electron chi connectivity index (χ1n) is 3.62. The summed E-state index contributed by atoms with van der Waals surface area (Å²) in [4.78, 5) is 0. The molecule has 0 radical (unpaired) electrons. The van der Waals surface area contributed by atoms with Crippen LogP contribution in [0.25, 0.3) is 0 Å². The number of halogens is 9. The minimum Gasteiger partial charge on any atom is -0.495 e. The molecule has 0 N–H and O–H groups in total. The van der Waals surface area contributed by atoms with E-state index in [0.29, 0.717) is 0 Å². The Morgan fingerprint density at radius 3 is 1.11 bits per heavy atom. The molecule has 0 bridgehead atoms. The van der Waals surface area contributed by atoms with Gasteiger partial charge in [-0.3, -0.25) is 0 Å². The first-order chi connectivity index (χ1) is 8.16. The van der Waals surface area contributed by atoms with Crippen LogP contribution in [0.4, 0.5) is 39.5 Å². The maximum atomic E-state index is 12.4. The second-order valence-electron chi connectivity index (χ2n) is 2.24. The fourth-order valence-corrected chi connectivity index (χ4v) is 0.494. The van der Waals surface area contributed by atoms with Crippen LogP contribution in [0.15, 0.2) is 36.0 Å². The van der Waals surface area contributed by atoms with Crippen molar-refractivity contribution in [3.8, 4) is 0 Å². The monoisotopic (exact) mass is 286 g/mol. The van der Waals surface area contributed by atoms with Gasteiger partial charge in [0.25, 0.3) is 0 Å². The summed E-state index contributed by atoms with van der Waals surface area (Å²) in [7, 11) is -3.46. The summed E-state index contributed by atoms with van der Waals surface area (Å²) in [6.07, 6.45) is -9.71. The van der Waals surface area contributed by atoms with Crippen LogP contribution in [0.3, 0.4) is 0 Å². The van der Waals surface area contributed by atoms with E-state index in [9.17, 15) is 39.5 Å². The molecule has 0 aliphatic carbocycles. The predicted octanol–water partition coefficient (Wildman–Crippen LogP) is 4.19. The molecule has 0 saturated heterocycles. The van der Waals surface area contributed by atoms with Crippen molar-refractivity contribution in [2.75, 3.05) is 0 Å². The molecule has 0 amide bonds. The van der Waals surface area contributed by atoms with Gasteiger partial charge in [0, 0.05) is 0 Å². The molecule has 0 aliphatic rings. The van der Waals surface area contributed by atoms with Crippen molar-refractivity contribution >= 4 is 7.12 Å². The van der Waals surface area contributed by atoms with Crippen LogP contribution in [0, 0.1) is 0 Å². The highest BCUT2D eigenvalue weighted by atomic mass is 19.3. The van der Waals surface area contributed by atoms with Crippen molar-refractivity contribution in [1.29, 1.82) is 0 Å². The average Bonchev–Trinajstić information content (AvgIpc) is 2.26. The number of rotatable bonds is 5. The van der Waals surface area contributed by atoms with Gasteiger partial charge in [0.05, 0.1) is 0 Å². The van der Waals surface area contributed by atoms with Gasteiger partial charge in [-0.25, -0.2) is 4.39 Å². The summed E-state index contributed by atoms with van der Waals surface area (Å²) in [5.74, 6) is 0. The van der Waals surface area contributed by atoms with Crippen molar-refractivity contribution < 1.29 is 48.8 Å². The van der Waals surface area contributed by atoms with E-state index in [-0.39, 0.29) is 0 Å². The van der Waals surface area contributed by atoms with Gasteiger partial charge in [-0.15, -0.1) is 0 Å². The minimum absolute atomic E-state index is 2.86. The third kappa shape index (κ3) is 5.06. The molecule has 0 aliphatic heterocycles. The van der Waals surface area contributed by atoms with Crippen LogP contribution in [0.5, 0.6) is 0 Å². The Hall–Kier alpha value is -1.75. The topological polar surface area (TPSA) is 18.5 Å². The van der Waals surface area contributed by atoms with Crippen molar-refractivity contribution in [2.24, 2.45) is 0 Å². The molecule has 0 aromatic rings. The largest absolute Gasteiger partial charge is 0.672 e. The van der Waals surface area contributed by atoms with E-state index in [0.717, 1.165) is 0 Å². The Labute approximate surface area is 93.1 Å². The number of hydrogen-bond acceptors (Lipinski definition) is 2. The lowest BCUT2D eigenvalue weighted by Gasteiger charge is -2.10. The Kier molecular flexibility index (Phi) is 6.20. The van der Waals surface area contributed by atoms with Crippen LogP contribution in [-0.4, -0.2) is 7.12 Å². The molecule has 102 valence electrons. The highest BCUT2D eigenvalue weighted by Gasteiger charge is 2.38. The van der Waals surface area contributed by atoms with Crippen LogP contribution in [0.2, 0.25) is 0 Å². The van der Waals surface area contributed by atoms with Crippen molar-refractivity contribution in [3.63, 3.8) is 0 Å². The van der Waals surface area contributed by atoms with Gasteiger partial charge >= 0.3 is 37.4 Å². The summed E-state index contributed by atoms with van der Waals surface area (Å²) in [6, 6.07) is -5.80. The summed E-state index contributed by atoms with van der Waals surface area (Å²) in [5, 5.41) is 0. The van der Waals surface area contributed by atoms with Gasteiger partial charge in [0.2, 0.25) is 5.73 Å². The Morgan fingerprint density at radius 1 is 0.556 bits per heavy atom. The zero-order valence-electron chi connectivity index (χ0n) is 7.80. The van der Waals surface area contributed by atoms with E-state index in [1.54, 1.807) is 0 Å². The molecule has 0 atom stereocenters. The second-order valence-corrected chi connectivity index (χ2v) is 2.24. The summed E-state index contributed by atoms with van der Waals surface area (Å²) >= 11 is 0. The first-order valence-corrected chi connectivity index (χ1v) is 3.62. The van der Waals surface area contributed by atoms with Crippen LogP contribution >= 0.6 is 0 Å². The lowest BCUT2D eigenvalue weighted by Crippen LogP contribution is -2.23. The standard InChI is InChI=1S/C6BF9O2/c8-1(2(9)10)7(17-5(15)3(11)12)18-6(16)4(13)14. The van der Waals surface area contributed by atoms with E-state index in [1.165, 1.54) is 0 Å². The van der Waals surface area contributed by atoms with E-state index in [1.807, 2.05) is 0 Å². The molecular weight excluding hydrogens is 286 g/mol. The lowest BCUT2D eigenvalue weighted by molar-refractivity contribution is 0.162. The average molecular weight is 286 g/mol. The summed E-state index contributed by atoms with van der Waals surface area (Å²) in [6.45, 7) is 0. The van der Waals surface area contributed by atoms with E-state index in [2.05, 4.69) is 9.31 Å². The zero-order valence-corrected chi connectivity index (χ0v) is 7.80. The second kappa shape index (κ2) is 6.86.